The summed E-state index contributed by atoms with van der Waals surface area (Å²) in [5, 5.41) is 10.3. The maximum absolute atomic E-state index is 12.5. The Hall–Kier alpha value is -1.88. The van der Waals surface area contributed by atoms with Crippen molar-refractivity contribution >= 4 is 11.9 Å². The number of carbonyl (C=O) groups excluding carboxylic acids is 2. The van der Waals surface area contributed by atoms with E-state index in [9.17, 15) is 14.7 Å². The topological polar surface area (TPSA) is 72.8 Å². The highest BCUT2D eigenvalue weighted by Gasteiger charge is 2.51. The smallest absolute Gasteiger partial charge is 0.338 e. The van der Waals surface area contributed by atoms with Gasteiger partial charge in [0.1, 0.15) is 12.2 Å². The summed E-state index contributed by atoms with van der Waals surface area (Å²) in [6.07, 6.45) is 5.72. The van der Waals surface area contributed by atoms with Gasteiger partial charge in [-0.05, 0) is 31.4 Å². The van der Waals surface area contributed by atoms with Crippen LogP contribution < -0.4 is 0 Å². The lowest BCUT2D eigenvalue weighted by atomic mass is 9.87. The minimum absolute atomic E-state index is 0.0648. The van der Waals surface area contributed by atoms with Crippen LogP contribution in [0.15, 0.2) is 30.3 Å². The van der Waals surface area contributed by atoms with E-state index in [2.05, 4.69) is 6.92 Å². The quantitative estimate of drug-likeness (QED) is 0.524. The average molecular weight is 374 g/mol. The average Bonchev–Trinajstić information content (AvgIpc) is 3.16. The zero-order valence-corrected chi connectivity index (χ0v) is 16.0. The van der Waals surface area contributed by atoms with Gasteiger partial charge in [-0.1, -0.05) is 44.4 Å². The first-order chi connectivity index (χ1) is 13.1. The van der Waals surface area contributed by atoms with Crippen molar-refractivity contribution in [2.45, 2.75) is 76.6 Å². The third-order valence-electron chi connectivity index (χ3n) is 5.90. The standard InChI is InChI=1S/C22H30O5/c1-2-3-5-10-16(23)11-12-17-18-13-21(24)26-20(18)14-19(17)27-22(25)15-8-6-4-7-9-15/h4,6-9,16-20,23H,2-3,5,10-14H2,1H3/t16-,17+,18+,19+,20-/m0/s1. The van der Waals surface area contributed by atoms with Crippen molar-refractivity contribution in [1.29, 1.82) is 0 Å². The van der Waals surface area contributed by atoms with Crippen LogP contribution in [0.2, 0.25) is 0 Å². The van der Waals surface area contributed by atoms with Gasteiger partial charge in [-0.2, -0.15) is 0 Å². The fourth-order valence-corrected chi connectivity index (χ4v) is 4.43. The molecular weight excluding hydrogens is 344 g/mol. The molecule has 0 spiro atoms. The molecule has 0 amide bonds. The summed E-state index contributed by atoms with van der Waals surface area (Å²) in [5.74, 6) is -0.337. The van der Waals surface area contributed by atoms with Crippen LogP contribution in [0.5, 0.6) is 0 Å². The molecule has 148 valence electrons. The highest BCUT2D eigenvalue weighted by atomic mass is 16.6. The lowest BCUT2D eigenvalue weighted by molar-refractivity contribution is -0.141. The number of benzene rings is 1. The van der Waals surface area contributed by atoms with Gasteiger partial charge in [-0.25, -0.2) is 4.79 Å². The van der Waals surface area contributed by atoms with Crippen molar-refractivity contribution in [3.8, 4) is 0 Å². The predicted octanol–water partition coefficient (Wildman–Crippen LogP) is 3.89. The van der Waals surface area contributed by atoms with Crippen LogP contribution in [0.4, 0.5) is 0 Å². The normalized spacial score (nSPS) is 27.9. The molecule has 0 bridgehead atoms. The number of fused-ring (bicyclic) bond motifs is 1. The lowest BCUT2D eigenvalue weighted by Gasteiger charge is -2.24. The van der Waals surface area contributed by atoms with Crippen molar-refractivity contribution in [2.24, 2.45) is 11.8 Å². The molecule has 5 atom stereocenters. The molecule has 2 fully saturated rings. The molecule has 1 aliphatic carbocycles. The largest absolute Gasteiger partial charge is 0.462 e. The number of esters is 2. The third-order valence-corrected chi connectivity index (χ3v) is 5.90. The number of rotatable bonds is 9. The molecule has 5 heteroatoms. The molecule has 0 aromatic heterocycles. The van der Waals surface area contributed by atoms with Gasteiger partial charge < -0.3 is 14.6 Å². The van der Waals surface area contributed by atoms with E-state index >= 15 is 0 Å². The molecule has 1 aromatic rings. The highest BCUT2D eigenvalue weighted by molar-refractivity contribution is 5.89. The Morgan fingerprint density at radius 3 is 2.78 bits per heavy atom. The summed E-state index contributed by atoms with van der Waals surface area (Å²) < 4.78 is 11.2. The van der Waals surface area contributed by atoms with Crippen molar-refractivity contribution in [1.82, 2.24) is 0 Å². The van der Waals surface area contributed by atoms with E-state index in [1.165, 1.54) is 0 Å². The van der Waals surface area contributed by atoms with E-state index in [1.54, 1.807) is 12.1 Å². The molecular formula is C22H30O5. The summed E-state index contributed by atoms with van der Waals surface area (Å²) in [7, 11) is 0. The minimum atomic E-state index is -0.334. The van der Waals surface area contributed by atoms with Gasteiger partial charge >= 0.3 is 11.9 Å². The van der Waals surface area contributed by atoms with E-state index in [0.717, 1.165) is 32.1 Å². The fourth-order valence-electron chi connectivity index (χ4n) is 4.43. The molecule has 2 aliphatic rings. The number of aliphatic hydroxyl groups is 1. The molecule has 1 saturated heterocycles. The maximum Gasteiger partial charge on any atom is 0.338 e. The van der Waals surface area contributed by atoms with Crippen molar-refractivity contribution in [3.05, 3.63) is 35.9 Å². The Balaban J connectivity index is 1.60. The lowest BCUT2D eigenvalue weighted by Crippen LogP contribution is -2.27. The Morgan fingerprint density at radius 2 is 2.04 bits per heavy atom. The molecule has 1 saturated carbocycles. The fraction of sp³-hybridized carbons (Fsp3) is 0.636. The summed E-state index contributed by atoms with van der Waals surface area (Å²) in [5.41, 5.74) is 0.532. The molecule has 27 heavy (non-hydrogen) atoms. The van der Waals surface area contributed by atoms with Crippen LogP contribution in [0.3, 0.4) is 0 Å². The van der Waals surface area contributed by atoms with Crippen molar-refractivity contribution in [2.75, 3.05) is 0 Å². The summed E-state index contributed by atoms with van der Waals surface area (Å²) in [6.45, 7) is 2.15. The Bertz CT molecular complexity index is 629. The third kappa shape index (κ3) is 5.10. The van der Waals surface area contributed by atoms with Crippen LogP contribution in [-0.2, 0) is 14.3 Å². The second-order valence-corrected chi connectivity index (χ2v) is 7.83. The van der Waals surface area contributed by atoms with Crippen LogP contribution >= 0.6 is 0 Å². The van der Waals surface area contributed by atoms with Crippen LogP contribution in [0.1, 0.15) is 68.6 Å². The first-order valence-electron chi connectivity index (χ1n) is 10.2. The van der Waals surface area contributed by atoms with Gasteiger partial charge in [-0.3, -0.25) is 4.79 Å². The molecule has 1 heterocycles. The van der Waals surface area contributed by atoms with E-state index < -0.39 is 0 Å². The van der Waals surface area contributed by atoms with Gasteiger partial charge in [0.25, 0.3) is 0 Å². The first kappa shape index (κ1) is 19.9. The van der Waals surface area contributed by atoms with E-state index in [-0.39, 0.29) is 42.1 Å². The second-order valence-electron chi connectivity index (χ2n) is 7.83. The molecule has 1 aliphatic heterocycles. The molecule has 1 N–H and O–H groups in total. The zero-order chi connectivity index (χ0) is 19.2. The molecule has 0 radical (unpaired) electrons. The SMILES string of the molecule is CCCCC[C@H](O)CC[C@@H]1[C@H]2CC(=O)O[C@H]2C[C@H]1OC(=O)c1ccccc1. The summed E-state index contributed by atoms with van der Waals surface area (Å²) in [4.78, 5) is 24.1. The molecule has 5 nitrogen and oxygen atoms in total. The monoisotopic (exact) mass is 374 g/mol. The highest BCUT2D eigenvalue weighted by Crippen LogP contribution is 2.45. The van der Waals surface area contributed by atoms with Crippen LogP contribution in [-0.4, -0.2) is 35.4 Å². The molecule has 3 rings (SSSR count). The number of aliphatic hydroxyl groups excluding tert-OH is 1. The van der Waals surface area contributed by atoms with Crippen LogP contribution in [0.25, 0.3) is 0 Å². The number of ether oxygens (including phenoxy) is 2. The van der Waals surface area contributed by atoms with Gasteiger partial charge in [0.15, 0.2) is 0 Å². The number of carbonyl (C=O) groups is 2. The van der Waals surface area contributed by atoms with E-state index in [0.29, 0.717) is 24.8 Å². The molecule has 0 unspecified atom stereocenters. The zero-order valence-electron chi connectivity index (χ0n) is 16.0. The van der Waals surface area contributed by atoms with Gasteiger partial charge in [0.2, 0.25) is 0 Å². The Labute approximate surface area is 161 Å². The second kappa shape index (κ2) is 9.36. The number of hydrogen-bond donors (Lipinski definition) is 1. The molecule has 1 aromatic carbocycles. The first-order valence-corrected chi connectivity index (χ1v) is 10.2. The van der Waals surface area contributed by atoms with E-state index in [4.69, 9.17) is 9.47 Å². The maximum atomic E-state index is 12.5. The minimum Gasteiger partial charge on any atom is -0.462 e. The van der Waals surface area contributed by atoms with Crippen LogP contribution in [0, 0.1) is 11.8 Å². The van der Waals surface area contributed by atoms with E-state index in [1.807, 2.05) is 18.2 Å². The van der Waals surface area contributed by atoms with Gasteiger partial charge in [0.05, 0.1) is 18.1 Å². The Morgan fingerprint density at radius 1 is 1.26 bits per heavy atom. The van der Waals surface area contributed by atoms with Crippen molar-refractivity contribution in [3.63, 3.8) is 0 Å². The summed E-state index contributed by atoms with van der Waals surface area (Å²) in [6, 6.07) is 8.96. The number of hydrogen-bond acceptors (Lipinski definition) is 5. The Kier molecular flexibility index (Phi) is 6.89. The number of unbranched alkanes of at least 4 members (excludes halogenated alkanes) is 2. The van der Waals surface area contributed by atoms with Gasteiger partial charge in [-0.15, -0.1) is 0 Å². The van der Waals surface area contributed by atoms with Crippen molar-refractivity contribution < 1.29 is 24.2 Å². The van der Waals surface area contributed by atoms with Gasteiger partial charge in [0, 0.05) is 18.3 Å². The predicted molar refractivity (Wildman–Crippen MR) is 101 cm³/mol. The summed E-state index contributed by atoms with van der Waals surface area (Å²) >= 11 is 0.